The summed E-state index contributed by atoms with van der Waals surface area (Å²) in [5, 5.41) is 14.5. The SMILES string of the molecule is CCc1ccc(O[C@H](C)C(=O)NCc2nnc(SCC(=O)Nc3ccc(C(=O)OC)cc3)n2CC)cc1. The van der Waals surface area contributed by atoms with E-state index in [1.54, 1.807) is 31.2 Å². The van der Waals surface area contributed by atoms with Gasteiger partial charge < -0.3 is 24.7 Å². The first-order valence-electron chi connectivity index (χ1n) is 11.9. The van der Waals surface area contributed by atoms with E-state index in [9.17, 15) is 14.4 Å². The van der Waals surface area contributed by atoms with Crippen molar-refractivity contribution in [2.75, 3.05) is 18.2 Å². The molecule has 2 N–H and O–H groups in total. The van der Waals surface area contributed by atoms with E-state index >= 15 is 0 Å². The maximum absolute atomic E-state index is 12.5. The summed E-state index contributed by atoms with van der Waals surface area (Å²) in [6.07, 6.45) is 0.260. The summed E-state index contributed by atoms with van der Waals surface area (Å²) < 4.78 is 12.3. The normalized spacial score (nSPS) is 11.5. The summed E-state index contributed by atoms with van der Waals surface area (Å²) in [5.41, 5.74) is 2.16. The third-order valence-corrected chi connectivity index (χ3v) is 6.43. The number of aromatic nitrogens is 3. The van der Waals surface area contributed by atoms with E-state index in [0.29, 0.717) is 34.5 Å². The van der Waals surface area contributed by atoms with E-state index in [4.69, 9.17) is 4.74 Å². The second kappa shape index (κ2) is 13.4. The Bertz CT molecular complexity index is 1210. The van der Waals surface area contributed by atoms with Crippen LogP contribution in [0.25, 0.3) is 0 Å². The highest BCUT2D eigenvalue weighted by atomic mass is 32.2. The fourth-order valence-electron chi connectivity index (χ4n) is 3.38. The number of nitrogens with one attached hydrogen (secondary N) is 2. The highest BCUT2D eigenvalue weighted by Crippen LogP contribution is 2.19. The van der Waals surface area contributed by atoms with Crippen LogP contribution in [0.15, 0.2) is 53.7 Å². The molecule has 2 amide bonds. The van der Waals surface area contributed by atoms with Gasteiger partial charge in [0.15, 0.2) is 17.1 Å². The number of rotatable bonds is 12. The Morgan fingerprint density at radius 3 is 2.35 bits per heavy atom. The van der Waals surface area contributed by atoms with Crippen molar-refractivity contribution in [3.05, 3.63) is 65.5 Å². The van der Waals surface area contributed by atoms with Crippen LogP contribution in [0.4, 0.5) is 5.69 Å². The first-order chi connectivity index (χ1) is 17.8. The van der Waals surface area contributed by atoms with Crippen LogP contribution in [-0.4, -0.2) is 51.5 Å². The molecule has 1 heterocycles. The molecule has 0 aliphatic carbocycles. The van der Waals surface area contributed by atoms with Crippen molar-refractivity contribution in [2.24, 2.45) is 0 Å². The smallest absolute Gasteiger partial charge is 0.337 e. The Balaban J connectivity index is 1.49. The standard InChI is InChI=1S/C26H31N5O5S/c1-5-18-7-13-21(14-8-18)36-17(3)24(33)27-15-22-29-30-26(31(22)6-2)37-16-23(32)28-20-11-9-19(10-12-20)25(34)35-4/h7-14,17H,5-6,15-16H2,1-4H3,(H,27,33)(H,28,32)/t17-/m1/s1. The molecule has 3 rings (SSSR count). The molecule has 0 saturated heterocycles. The monoisotopic (exact) mass is 525 g/mol. The number of carbonyl (C=O) groups is 3. The summed E-state index contributed by atoms with van der Waals surface area (Å²) in [6.45, 7) is 6.46. The minimum Gasteiger partial charge on any atom is -0.481 e. The number of benzene rings is 2. The number of hydrogen-bond acceptors (Lipinski definition) is 8. The largest absolute Gasteiger partial charge is 0.481 e. The Labute approximate surface area is 220 Å². The van der Waals surface area contributed by atoms with Crippen LogP contribution in [-0.2, 0) is 33.8 Å². The van der Waals surface area contributed by atoms with Crippen LogP contribution < -0.4 is 15.4 Å². The van der Waals surface area contributed by atoms with Gasteiger partial charge in [-0.25, -0.2) is 4.79 Å². The van der Waals surface area contributed by atoms with Crippen molar-refractivity contribution in [1.82, 2.24) is 20.1 Å². The van der Waals surface area contributed by atoms with E-state index < -0.39 is 12.1 Å². The molecule has 0 spiro atoms. The first kappa shape index (κ1) is 27.7. The van der Waals surface area contributed by atoms with Gasteiger partial charge in [0.25, 0.3) is 5.91 Å². The highest BCUT2D eigenvalue weighted by molar-refractivity contribution is 7.99. The molecule has 1 atom stereocenters. The predicted octanol–water partition coefficient (Wildman–Crippen LogP) is 3.46. The van der Waals surface area contributed by atoms with Gasteiger partial charge in [-0.05, 0) is 62.2 Å². The average Bonchev–Trinajstić information content (AvgIpc) is 3.32. The summed E-state index contributed by atoms with van der Waals surface area (Å²) >= 11 is 1.24. The van der Waals surface area contributed by atoms with Crippen LogP contribution in [0, 0.1) is 0 Å². The minimum absolute atomic E-state index is 0.116. The lowest BCUT2D eigenvalue weighted by molar-refractivity contribution is -0.127. The zero-order chi connectivity index (χ0) is 26.8. The molecule has 196 valence electrons. The summed E-state index contributed by atoms with van der Waals surface area (Å²) in [5.74, 6) is 0.393. The second-order valence-electron chi connectivity index (χ2n) is 8.02. The van der Waals surface area contributed by atoms with Gasteiger partial charge in [0.05, 0.1) is 25.0 Å². The van der Waals surface area contributed by atoms with E-state index in [0.717, 1.165) is 6.42 Å². The second-order valence-corrected chi connectivity index (χ2v) is 8.97. The number of ether oxygens (including phenoxy) is 2. The Hall–Kier alpha value is -3.86. The number of amides is 2. The number of thioether (sulfide) groups is 1. The van der Waals surface area contributed by atoms with E-state index in [-0.39, 0.29) is 24.1 Å². The van der Waals surface area contributed by atoms with Crippen LogP contribution in [0.5, 0.6) is 5.75 Å². The molecule has 0 aliphatic heterocycles. The van der Waals surface area contributed by atoms with Crippen LogP contribution in [0.2, 0.25) is 0 Å². The molecule has 0 saturated carbocycles. The molecular weight excluding hydrogens is 494 g/mol. The molecule has 11 heteroatoms. The lowest BCUT2D eigenvalue weighted by Gasteiger charge is -2.15. The first-order valence-corrected chi connectivity index (χ1v) is 12.9. The quantitative estimate of drug-likeness (QED) is 0.272. The highest BCUT2D eigenvalue weighted by Gasteiger charge is 2.18. The maximum atomic E-state index is 12.5. The zero-order valence-corrected chi connectivity index (χ0v) is 22.1. The van der Waals surface area contributed by atoms with Crippen molar-refractivity contribution in [2.45, 2.75) is 51.5 Å². The molecule has 0 unspecified atom stereocenters. The third-order valence-electron chi connectivity index (χ3n) is 5.47. The number of nitrogens with zero attached hydrogens (tertiary/aromatic N) is 3. The Morgan fingerprint density at radius 1 is 1.03 bits per heavy atom. The molecule has 2 aromatic carbocycles. The van der Waals surface area contributed by atoms with Gasteiger partial charge >= 0.3 is 5.97 Å². The van der Waals surface area contributed by atoms with Gasteiger partial charge in [-0.2, -0.15) is 0 Å². The van der Waals surface area contributed by atoms with Crippen LogP contribution in [0.3, 0.4) is 0 Å². The number of anilines is 1. The van der Waals surface area contributed by atoms with Crippen molar-refractivity contribution in [3.63, 3.8) is 0 Å². The molecule has 10 nitrogen and oxygen atoms in total. The van der Waals surface area contributed by atoms with Gasteiger partial charge in [-0.15, -0.1) is 10.2 Å². The molecule has 1 aromatic heterocycles. The van der Waals surface area contributed by atoms with Crippen LogP contribution >= 0.6 is 11.8 Å². The molecular formula is C26H31N5O5S. The Kier molecular flexibility index (Phi) is 10.1. The van der Waals surface area contributed by atoms with Crippen molar-refractivity contribution in [3.8, 4) is 5.75 Å². The molecule has 0 bridgehead atoms. The van der Waals surface area contributed by atoms with E-state index in [1.165, 1.54) is 24.4 Å². The predicted molar refractivity (Wildman–Crippen MR) is 141 cm³/mol. The molecule has 37 heavy (non-hydrogen) atoms. The fraction of sp³-hybridized carbons (Fsp3) is 0.346. The maximum Gasteiger partial charge on any atom is 0.337 e. The molecule has 0 radical (unpaired) electrons. The minimum atomic E-state index is -0.676. The molecule has 0 aliphatic rings. The van der Waals surface area contributed by atoms with Gasteiger partial charge in [0.2, 0.25) is 5.91 Å². The lowest BCUT2D eigenvalue weighted by atomic mass is 10.2. The number of carbonyl (C=O) groups excluding carboxylic acids is 3. The van der Waals surface area contributed by atoms with Gasteiger partial charge in [-0.3, -0.25) is 9.59 Å². The molecule has 0 fully saturated rings. The fourth-order valence-corrected chi connectivity index (χ4v) is 4.20. The number of methoxy groups -OCH3 is 1. The summed E-state index contributed by atoms with van der Waals surface area (Å²) in [4.78, 5) is 36.5. The molecule has 3 aromatic rings. The van der Waals surface area contributed by atoms with E-state index in [1.807, 2.05) is 35.8 Å². The van der Waals surface area contributed by atoms with Crippen molar-refractivity contribution >= 4 is 35.2 Å². The summed E-state index contributed by atoms with van der Waals surface area (Å²) in [6, 6.07) is 14.1. The lowest BCUT2D eigenvalue weighted by Crippen LogP contribution is -2.36. The topological polar surface area (TPSA) is 124 Å². The third kappa shape index (κ3) is 7.81. The van der Waals surface area contributed by atoms with Crippen LogP contribution in [0.1, 0.15) is 42.5 Å². The van der Waals surface area contributed by atoms with Gasteiger partial charge in [0, 0.05) is 12.2 Å². The van der Waals surface area contributed by atoms with Crippen molar-refractivity contribution < 1.29 is 23.9 Å². The number of hydrogen-bond donors (Lipinski definition) is 2. The van der Waals surface area contributed by atoms with Crippen molar-refractivity contribution in [1.29, 1.82) is 0 Å². The zero-order valence-electron chi connectivity index (χ0n) is 21.3. The van der Waals surface area contributed by atoms with Gasteiger partial charge in [-0.1, -0.05) is 30.8 Å². The Morgan fingerprint density at radius 2 is 1.73 bits per heavy atom. The average molecular weight is 526 g/mol. The summed E-state index contributed by atoms with van der Waals surface area (Å²) in [7, 11) is 1.31. The van der Waals surface area contributed by atoms with Gasteiger partial charge in [0.1, 0.15) is 5.75 Å². The van der Waals surface area contributed by atoms with E-state index in [2.05, 4.69) is 32.5 Å². The number of esters is 1. The number of aryl methyl sites for hydroxylation is 1.